The number of rotatable bonds is 7. The molecule has 0 fully saturated rings. The molecule has 0 spiro atoms. The van der Waals surface area contributed by atoms with Gasteiger partial charge >= 0.3 is 0 Å². The molecule has 1 rings (SSSR count). The summed E-state index contributed by atoms with van der Waals surface area (Å²) in [6.45, 7) is 5.29. The number of phenols is 1. The van der Waals surface area contributed by atoms with Crippen LogP contribution in [0.25, 0.3) is 0 Å². The summed E-state index contributed by atoms with van der Waals surface area (Å²) in [4.78, 5) is 0. The topological polar surface area (TPSA) is 61.7 Å². The molecule has 0 saturated carbocycles. The fraction of sp³-hybridized carbons (Fsp3) is 0.571. The lowest BCUT2D eigenvalue weighted by molar-refractivity contribution is 0.132. The summed E-state index contributed by atoms with van der Waals surface area (Å²) in [7, 11) is 1.68. The Balaban J connectivity index is 2.51. The summed E-state index contributed by atoms with van der Waals surface area (Å²) in [5.74, 6) is 0.256. The van der Waals surface area contributed by atoms with E-state index in [0.29, 0.717) is 6.61 Å². The van der Waals surface area contributed by atoms with Gasteiger partial charge in [0.25, 0.3) is 0 Å². The predicted octanol–water partition coefficient (Wildman–Crippen LogP) is 1.75. The van der Waals surface area contributed by atoms with Crippen molar-refractivity contribution >= 4 is 0 Å². The van der Waals surface area contributed by atoms with Crippen molar-refractivity contribution in [2.45, 2.75) is 32.4 Å². The standard InChI is InChI=1S/C14H23NO3/c1-10-9-12(5-6-13(10)16)14(17)11(2)15-7-4-8-18-3/h5-6,9,11,14-17H,4,7-8H2,1-3H3. The Morgan fingerprint density at radius 3 is 2.72 bits per heavy atom. The molecule has 4 nitrogen and oxygen atoms in total. The molecule has 0 aromatic heterocycles. The van der Waals surface area contributed by atoms with Crippen LogP contribution < -0.4 is 5.32 Å². The van der Waals surface area contributed by atoms with Crippen LogP contribution in [0.1, 0.15) is 30.6 Å². The fourth-order valence-corrected chi connectivity index (χ4v) is 1.81. The molecular formula is C14H23NO3. The van der Waals surface area contributed by atoms with Crippen LogP contribution in [0.4, 0.5) is 0 Å². The summed E-state index contributed by atoms with van der Waals surface area (Å²) < 4.78 is 4.97. The molecule has 102 valence electrons. The number of aliphatic hydroxyl groups excluding tert-OH is 1. The molecule has 1 aromatic carbocycles. The number of benzene rings is 1. The second-order valence-electron chi connectivity index (χ2n) is 4.58. The molecular weight excluding hydrogens is 230 g/mol. The summed E-state index contributed by atoms with van der Waals surface area (Å²) in [5, 5.41) is 22.9. The van der Waals surface area contributed by atoms with Gasteiger partial charge in [0.2, 0.25) is 0 Å². The molecule has 0 aliphatic heterocycles. The molecule has 0 radical (unpaired) electrons. The monoisotopic (exact) mass is 253 g/mol. The van der Waals surface area contributed by atoms with Crippen molar-refractivity contribution < 1.29 is 14.9 Å². The van der Waals surface area contributed by atoms with Crippen molar-refractivity contribution in [3.63, 3.8) is 0 Å². The normalized spacial score (nSPS) is 14.4. The smallest absolute Gasteiger partial charge is 0.118 e. The van der Waals surface area contributed by atoms with E-state index < -0.39 is 6.10 Å². The zero-order chi connectivity index (χ0) is 13.5. The molecule has 2 unspecified atom stereocenters. The van der Waals surface area contributed by atoms with Crippen LogP contribution in [0.5, 0.6) is 5.75 Å². The Hall–Kier alpha value is -1.10. The first-order valence-electron chi connectivity index (χ1n) is 6.26. The molecule has 0 bridgehead atoms. The first-order chi connectivity index (χ1) is 8.56. The van der Waals surface area contributed by atoms with E-state index in [1.807, 2.05) is 19.9 Å². The van der Waals surface area contributed by atoms with E-state index in [-0.39, 0.29) is 11.8 Å². The van der Waals surface area contributed by atoms with Gasteiger partial charge in [-0.3, -0.25) is 0 Å². The summed E-state index contributed by atoms with van der Waals surface area (Å²) >= 11 is 0. The van der Waals surface area contributed by atoms with Crippen molar-refractivity contribution in [1.29, 1.82) is 0 Å². The number of aryl methyl sites for hydroxylation is 1. The maximum absolute atomic E-state index is 10.2. The van der Waals surface area contributed by atoms with Gasteiger partial charge in [0.05, 0.1) is 6.10 Å². The van der Waals surface area contributed by atoms with Crippen molar-refractivity contribution in [2.24, 2.45) is 0 Å². The number of nitrogens with one attached hydrogen (secondary N) is 1. The average molecular weight is 253 g/mol. The van der Waals surface area contributed by atoms with E-state index in [4.69, 9.17) is 4.74 Å². The zero-order valence-corrected chi connectivity index (χ0v) is 11.3. The number of aromatic hydroxyl groups is 1. The largest absolute Gasteiger partial charge is 0.508 e. The van der Waals surface area contributed by atoms with E-state index in [0.717, 1.165) is 24.1 Å². The van der Waals surface area contributed by atoms with Crippen LogP contribution in [0.2, 0.25) is 0 Å². The summed E-state index contributed by atoms with van der Waals surface area (Å²) in [6, 6.07) is 5.14. The third-order valence-electron chi connectivity index (χ3n) is 3.03. The lowest BCUT2D eigenvalue weighted by Gasteiger charge is -2.21. The van der Waals surface area contributed by atoms with Gasteiger partial charge in [-0.2, -0.15) is 0 Å². The minimum atomic E-state index is -0.577. The first-order valence-corrected chi connectivity index (χ1v) is 6.26. The lowest BCUT2D eigenvalue weighted by Crippen LogP contribution is -2.33. The van der Waals surface area contributed by atoms with Crippen molar-refractivity contribution in [1.82, 2.24) is 5.32 Å². The Morgan fingerprint density at radius 1 is 1.39 bits per heavy atom. The van der Waals surface area contributed by atoms with E-state index >= 15 is 0 Å². The van der Waals surface area contributed by atoms with Crippen molar-refractivity contribution in [3.8, 4) is 5.75 Å². The lowest BCUT2D eigenvalue weighted by atomic mass is 10.0. The van der Waals surface area contributed by atoms with Gasteiger partial charge in [0.1, 0.15) is 5.75 Å². The Bertz CT molecular complexity index is 368. The molecule has 0 aliphatic rings. The number of hydrogen-bond donors (Lipinski definition) is 3. The van der Waals surface area contributed by atoms with Gasteiger partial charge in [0, 0.05) is 19.8 Å². The van der Waals surface area contributed by atoms with Crippen LogP contribution in [0.15, 0.2) is 18.2 Å². The van der Waals surface area contributed by atoms with Crippen LogP contribution in [-0.2, 0) is 4.74 Å². The van der Waals surface area contributed by atoms with Gasteiger partial charge in [-0.1, -0.05) is 6.07 Å². The molecule has 0 heterocycles. The summed E-state index contributed by atoms with van der Waals surface area (Å²) in [5.41, 5.74) is 1.59. The number of aliphatic hydroxyl groups is 1. The second kappa shape index (κ2) is 7.36. The number of methoxy groups -OCH3 is 1. The van der Waals surface area contributed by atoms with Crippen LogP contribution >= 0.6 is 0 Å². The highest BCUT2D eigenvalue weighted by Gasteiger charge is 2.16. The molecule has 0 amide bonds. The molecule has 2 atom stereocenters. The average Bonchev–Trinajstić information content (AvgIpc) is 2.37. The van der Waals surface area contributed by atoms with Crippen molar-refractivity contribution in [2.75, 3.05) is 20.3 Å². The number of ether oxygens (including phenoxy) is 1. The summed E-state index contributed by atoms with van der Waals surface area (Å²) in [6.07, 6.45) is 0.342. The van der Waals surface area contributed by atoms with Crippen LogP contribution in [-0.4, -0.2) is 36.5 Å². The third kappa shape index (κ3) is 4.29. The minimum absolute atomic E-state index is 0.0363. The SMILES string of the molecule is COCCCNC(C)C(O)c1ccc(O)c(C)c1. The van der Waals surface area contributed by atoms with Gasteiger partial charge in [-0.05, 0) is 50.1 Å². The van der Waals surface area contributed by atoms with E-state index in [1.54, 1.807) is 19.2 Å². The van der Waals surface area contributed by atoms with E-state index in [1.165, 1.54) is 0 Å². The molecule has 4 heteroatoms. The van der Waals surface area contributed by atoms with Crippen LogP contribution in [0, 0.1) is 6.92 Å². The molecule has 0 aliphatic carbocycles. The number of phenolic OH excluding ortho intramolecular Hbond substituents is 1. The van der Waals surface area contributed by atoms with Gasteiger partial charge < -0.3 is 20.3 Å². The molecule has 18 heavy (non-hydrogen) atoms. The van der Waals surface area contributed by atoms with Gasteiger partial charge in [-0.15, -0.1) is 0 Å². The third-order valence-corrected chi connectivity index (χ3v) is 3.03. The Kier molecular flexibility index (Phi) is 6.12. The Labute approximate surface area is 109 Å². The molecule has 3 N–H and O–H groups in total. The minimum Gasteiger partial charge on any atom is -0.508 e. The number of hydrogen-bond acceptors (Lipinski definition) is 4. The predicted molar refractivity (Wildman–Crippen MR) is 71.8 cm³/mol. The zero-order valence-electron chi connectivity index (χ0n) is 11.3. The fourth-order valence-electron chi connectivity index (χ4n) is 1.81. The van der Waals surface area contributed by atoms with Gasteiger partial charge in [0.15, 0.2) is 0 Å². The quantitative estimate of drug-likeness (QED) is 0.648. The van der Waals surface area contributed by atoms with E-state index in [9.17, 15) is 10.2 Å². The molecule has 0 saturated heterocycles. The highest BCUT2D eigenvalue weighted by molar-refractivity contribution is 5.36. The highest BCUT2D eigenvalue weighted by Crippen LogP contribution is 2.23. The maximum atomic E-state index is 10.2. The maximum Gasteiger partial charge on any atom is 0.118 e. The van der Waals surface area contributed by atoms with Crippen molar-refractivity contribution in [3.05, 3.63) is 29.3 Å². The van der Waals surface area contributed by atoms with E-state index in [2.05, 4.69) is 5.32 Å². The highest BCUT2D eigenvalue weighted by atomic mass is 16.5. The molecule has 1 aromatic rings. The second-order valence-corrected chi connectivity index (χ2v) is 4.58. The van der Waals surface area contributed by atoms with Crippen LogP contribution in [0.3, 0.4) is 0 Å². The first kappa shape index (κ1) is 15.0. The Morgan fingerprint density at radius 2 is 2.11 bits per heavy atom. The van der Waals surface area contributed by atoms with Gasteiger partial charge in [-0.25, -0.2) is 0 Å².